The third kappa shape index (κ3) is 23.5. The van der Waals surface area contributed by atoms with Crippen LogP contribution >= 0.6 is 11.6 Å². The van der Waals surface area contributed by atoms with E-state index < -0.39 is 0 Å². The monoisotopic (exact) mass is 1480 g/mol. The average Bonchev–Trinajstić information content (AvgIpc) is 0.753. The number of alkyl halides is 1. The summed E-state index contributed by atoms with van der Waals surface area (Å²) in [6.45, 7) is 37.7. The first-order chi connectivity index (χ1) is 52.0. The number of aliphatic hydroxyl groups excluding tert-OH is 1. The number of nitrogens with zero attached hydrogens (tertiary/aromatic N) is 5. The molecule has 0 saturated carbocycles. The molecule has 9 aromatic carbocycles. The van der Waals surface area contributed by atoms with E-state index >= 15 is 0 Å². The Kier molecular flexibility index (Phi) is 36.1. The number of rotatable bonds is 26. The number of amides is 6. The number of hydrogen-bond donors (Lipinski definition) is 1. The van der Waals surface area contributed by atoms with Crippen LogP contribution in [-0.2, 0) is 9.47 Å². The number of hydrogen-bond acceptors (Lipinski definition) is 11. The minimum atomic E-state index is -0.217. The van der Waals surface area contributed by atoms with Gasteiger partial charge in [0.15, 0.2) is 0 Å². The fourth-order valence-electron chi connectivity index (χ4n) is 12.8. The van der Waals surface area contributed by atoms with Gasteiger partial charge in [0.05, 0.1) is 13.2 Å². The van der Waals surface area contributed by atoms with E-state index in [4.69, 9.17) is 21.1 Å². The minimum absolute atomic E-state index is 0.0419. The van der Waals surface area contributed by atoms with Gasteiger partial charge in [-0.15, -0.1) is 11.6 Å². The predicted molar refractivity (Wildman–Crippen MR) is 451 cm³/mol. The maximum atomic E-state index is 13.0. The summed E-state index contributed by atoms with van der Waals surface area (Å²) in [6, 6.07) is 59.2. The molecule has 14 nitrogen and oxygen atoms in total. The number of likely N-dealkylation sites (N-methyl/N-ethyl adjacent to an activating group) is 2. The molecule has 2 atom stereocenters. The zero-order valence-corrected chi connectivity index (χ0v) is 67.2. The molecule has 0 aromatic heterocycles. The van der Waals surface area contributed by atoms with Crippen LogP contribution in [-0.4, -0.2) is 141 Å². The molecule has 0 saturated heterocycles. The van der Waals surface area contributed by atoms with E-state index in [1.807, 2.05) is 191 Å². The molecule has 0 aliphatic carbocycles. The second-order valence-corrected chi connectivity index (χ2v) is 28.9. The van der Waals surface area contributed by atoms with Crippen LogP contribution in [0.2, 0.25) is 0 Å². The lowest BCUT2D eigenvalue weighted by molar-refractivity contribution is 0.0588. The second-order valence-electron chi connectivity index (χ2n) is 28.4. The van der Waals surface area contributed by atoms with Gasteiger partial charge < -0.3 is 24.4 Å². The topological polar surface area (TPSA) is 157 Å². The molecule has 3 heterocycles. The van der Waals surface area contributed by atoms with Crippen molar-refractivity contribution in [2.45, 2.75) is 127 Å². The van der Waals surface area contributed by atoms with E-state index in [1.54, 1.807) is 12.1 Å². The molecule has 6 amide bonds. The third-order valence-corrected chi connectivity index (χ3v) is 19.3. The Morgan fingerprint density at radius 2 is 0.741 bits per heavy atom. The number of benzene rings is 9. The van der Waals surface area contributed by atoms with Gasteiger partial charge in [0, 0.05) is 144 Å². The molecule has 108 heavy (non-hydrogen) atoms. The Bertz CT molecular complexity index is 4150. The van der Waals surface area contributed by atoms with E-state index in [-0.39, 0.29) is 42.0 Å². The van der Waals surface area contributed by atoms with Gasteiger partial charge in [0.25, 0.3) is 35.4 Å². The highest BCUT2D eigenvalue weighted by molar-refractivity contribution is 6.29. The van der Waals surface area contributed by atoms with Crippen LogP contribution in [0.5, 0.6) is 0 Å². The third-order valence-electron chi connectivity index (χ3n) is 19.3. The lowest BCUT2D eigenvalue weighted by Gasteiger charge is -2.29. The van der Waals surface area contributed by atoms with Crippen molar-refractivity contribution < 1.29 is 43.3 Å². The quantitative estimate of drug-likeness (QED) is 0.0313. The predicted octanol–water partition coefficient (Wildman–Crippen LogP) is 21.0. The minimum Gasteiger partial charge on any atom is -0.395 e. The van der Waals surface area contributed by atoms with Crippen molar-refractivity contribution in [3.05, 3.63) is 251 Å². The lowest BCUT2D eigenvalue weighted by Crippen LogP contribution is -2.41. The maximum absolute atomic E-state index is 13.0. The summed E-state index contributed by atoms with van der Waals surface area (Å²) >= 11 is 5.00. The first-order valence-electron chi connectivity index (χ1n) is 38.4. The maximum Gasteiger partial charge on any atom is 0.261 e. The Morgan fingerprint density at radius 3 is 1.08 bits per heavy atom. The molecule has 2 unspecified atom stereocenters. The van der Waals surface area contributed by atoms with Crippen LogP contribution in [0, 0.1) is 17.8 Å². The first kappa shape index (κ1) is 87.3. The van der Waals surface area contributed by atoms with Gasteiger partial charge >= 0.3 is 0 Å². The van der Waals surface area contributed by atoms with Crippen LogP contribution in [0.25, 0.3) is 44.5 Å². The molecule has 0 radical (unpaired) electrons. The SMILES string of the molecule is C=Cc1ccccc1.C=Cc1ccccc1.CC(C)CCN1C(=O)c2cccc3c(N(C)CCO)ccc(c23)C1=O.CCC(C)c1ccccc1.CCCl.CCOCCC(C)c1ccc2c3c(cccc13)C(=O)N(CCC(C)C)C2=O.CCOCCN(C)c1ccc2c3c(cccc13)C(=O)N(CCC(C)C)C2=O. The molecule has 1 N–H and O–H groups in total. The molecular weight excluding hydrogens is 1370 g/mol. The fraction of sp³-hybridized carbons (Fsp3) is 0.376. The molecular formula is C93H116ClN5O9. The van der Waals surface area contributed by atoms with Crippen molar-refractivity contribution in [3.63, 3.8) is 0 Å². The van der Waals surface area contributed by atoms with Crippen LogP contribution in [0.3, 0.4) is 0 Å². The highest BCUT2D eigenvalue weighted by Gasteiger charge is 2.36. The number of carbonyl (C=O) groups is 6. The number of aliphatic hydroxyl groups is 1. The summed E-state index contributed by atoms with van der Waals surface area (Å²) in [4.78, 5) is 86.0. The number of ether oxygens (including phenoxy) is 2. The van der Waals surface area contributed by atoms with Gasteiger partial charge in [-0.05, 0) is 152 Å². The van der Waals surface area contributed by atoms with Gasteiger partial charge in [-0.3, -0.25) is 43.5 Å². The average molecular weight is 1480 g/mol. The van der Waals surface area contributed by atoms with Gasteiger partial charge in [-0.25, -0.2) is 0 Å². The highest BCUT2D eigenvalue weighted by atomic mass is 35.5. The molecule has 3 aliphatic rings. The van der Waals surface area contributed by atoms with Gasteiger partial charge in [-0.2, -0.15) is 0 Å². The van der Waals surface area contributed by atoms with Crippen molar-refractivity contribution >= 4 is 103 Å². The van der Waals surface area contributed by atoms with Crippen molar-refractivity contribution in [1.29, 1.82) is 0 Å². The van der Waals surface area contributed by atoms with Crippen molar-refractivity contribution in [3.8, 4) is 0 Å². The number of anilines is 2. The Hall–Kier alpha value is -9.57. The first-order valence-corrected chi connectivity index (χ1v) is 38.9. The summed E-state index contributed by atoms with van der Waals surface area (Å²) in [5, 5.41) is 14.3. The Labute approximate surface area is 648 Å². The van der Waals surface area contributed by atoms with Crippen molar-refractivity contribution in [1.82, 2.24) is 14.7 Å². The Balaban J connectivity index is 0.000000213. The summed E-state index contributed by atoms with van der Waals surface area (Å²) in [5.41, 5.74) is 10.6. The number of halogens is 1. The van der Waals surface area contributed by atoms with E-state index in [0.29, 0.717) is 116 Å². The van der Waals surface area contributed by atoms with E-state index in [1.165, 1.54) is 43.4 Å². The summed E-state index contributed by atoms with van der Waals surface area (Å²) < 4.78 is 11.0. The summed E-state index contributed by atoms with van der Waals surface area (Å²) in [6.07, 6.45) is 8.22. The zero-order chi connectivity index (χ0) is 79.0. The highest BCUT2D eigenvalue weighted by Crippen LogP contribution is 2.39. The summed E-state index contributed by atoms with van der Waals surface area (Å²) in [5.74, 6) is 1.88. The number of imide groups is 3. The molecule has 3 aliphatic heterocycles. The Morgan fingerprint density at radius 1 is 0.407 bits per heavy atom. The van der Waals surface area contributed by atoms with Crippen LogP contribution in [0.4, 0.5) is 11.4 Å². The van der Waals surface area contributed by atoms with Crippen molar-refractivity contribution in [2.24, 2.45) is 17.8 Å². The van der Waals surface area contributed by atoms with Crippen LogP contribution in [0.1, 0.15) is 211 Å². The molecule has 15 heteroatoms. The largest absolute Gasteiger partial charge is 0.395 e. The van der Waals surface area contributed by atoms with Gasteiger partial charge in [0.1, 0.15) is 0 Å². The zero-order valence-electron chi connectivity index (χ0n) is 66.4. The van der Waals surface area contributed by atoms with E-state index in [0.717, 1.165) is 81.8 Å². The smallest absolute Gasteiger partial charge is 0.261 e. The standard InChI is InChI=1S/C23H29NO3.C22H28N2O3.C20H24N2O3.C10H14.2C8H8.C2H5Cl/c1-5-27-14-12-16(4)17-9-10-20-21-18(17)7-6-8-19(21)22(25)24(23(20)26)13-11-15(2)3;1-5-27-14-13-23(4)19-10-9-18-20-16(19)7-6-8-17(20)21(25)24(22(18)26)12-11-15(2)3;1-13(2)9-10-22-19(24)15-6-4-5-14-17(21(3)11-12-23)8-7-16(18(14)15)20(22)25;1-3-9(2)10-7-5-4-6-8-10;2*1-2-8-6-4-3-5-7-8;1-2-3/h6-10,15-16H,5,11-14H2,1-4H3;6-10,15H,5,11-14H2,1-4H3;4-8,13,23H,9-12H2,1-3H3;4-9H,3H2,1-2H3;2*2-7H,1H2;2H2,1H3. The van der Waals surface area contributed by atoms with Gasteiger partial charge in [-0.1, -0.05) is 228 Å². The molecule has 0 fully saturated rings. The van der Waals surface area contributed by atoms with Crippen LogP contribution in [0.15, 0.2) is 195 Å². The molecule has 12 rings (SSSR count). The molecule has 0 bridgehead atoms. The van der Waals surface area contributed by atoms with Crippen LogP contribution < -0.4 is 9.80 Å². The fourth-order valence-corrected chi connectivity index (χ4v) is 12.8. The summed E-state index contributed by atoms with van der Waals surface area (Å²) in [7, 11) is 3.90. The van der Waals surface area contributed by atoms with E-state index in [2.05, 4.69) is 111 Å². The second kappa shape index (κ2) is 44.7. The molecule has 9 aromatic rings. The molecule has 0 spiro atoms. The van der Waals surface area contributed by atoms with Crippen molar-refractivity contribution in [2.75, 3.05) is 95.5 Å². The molecule has 574 valence electrons. The van der Waals surface area contributed by atoms with E-state index in [9.17, 15) is 33.9 Å². The van der Waals surface area contributed by atoms with Gasteiger partial charge in [0.2, 0.25) is 0 Å². The number of carbonyl (C=O) groups excluding carboxylic acids is 6. The lowest BCUT2D eigenvalue weighted by atomic mass is 9.86. The normalized spacial score (nSPS) is 13.0.